The Morgan fingerprint density at radius 2 is 1.57 bits per heavy atom. The fraction of sp³-hybridized carbons (Fsp3) is 0.0714. The molecule has 9 heteroatoms. The molecule has 0 atom stereocenters. The van der Waals surface area contributed by atoms with Crippen LogP contribution in [0.4, 0.5) is 24.5 Å². The lowest BCUT2D eigenvalue weighted by Crippen LogP contribution is -2.37. The molecule has 0 unspecified atom stereocenters. The van der Waals surface area contributed by atoms with Crippen molar-refractivity contribution in [3.05, 3.63) is 69.8 Å². The summed E-state index contributed by atoms with van der Waals surface area (Å²) in [6, 6.07) is 8.42. The van der Waals surface area contributed by atoms with Crippen LogP contribution in [0, 0.1) is 10.1 Å². The molecule has 0 saturated heterocycles. The second-order valence-electron chi connectivity index (χ2n) is 4.52. The summed E-state index contributed by atoms with van der Waals surface area (Å²) in [5.74, 6) is 4.89. The summed E-state index contributed by atoms with van der Waals surface area (Å²) in [5.41, 5.74) is -0.934. The number of anilines is 1. The molecule has 6 nitrogen and oxygen atoms in total. The number of nitro benzene ring substituents is 1. The molecule has 0 bridgehead atoms. The second kappa shape index (κ2) is 6.05. The minimum atomic E-state index is -4.49. The number of benzene rings is 2. The molecule has 0 radical (unpaired) electrons. The first kappa shape index (κ1) is 16.4. The molecule has 0 aliphatic rings. The van der Waals surface area contributed by atoms with Gasteiger partial charge in [-0.3, -0.25) is 14.9 Å². The Morgan fingerprint density at radius 3 is 2.00 bits per heavy atom. The quantitative estimate of drug-likeness (QED) is 0.406. The van der Waals surface area contributed by atoms with Crippen LogP contribution in [0.3, 0.4) is 0 Å². The van der Waals surface area contributed by atoms with Crippen LogP contribution >= 0.6 is 0 Å². The van der Waals surface area contributed by atoms with Crippen LogP contribution in [0.15, 0.2) is 48.5 Å². The van der Waals surface area contributed by atoms with Crippen molar-refractivity contribution in [3.8, 4) is 0 Å². The molecular weight excluding hydrogens is 315 g/mol. The molecule has 23 heavy (non-hydrogen) atoms. The zero-order chi connectivity index (χ0) is 17.2. The molecule has 2 aromatic rings. The number of carbonyl (C=O) groups is 1. The average molecular weight is 325 g/mol. The summed E-state index contributed by atoms with van der Waals surface area (Å²) >= 11 is 0. The third-order valence-electron chi connectivity index (χ3n) is 3.02. The highest BCUT2D eigenvalue weighted by Crippen LogP contribution is 2.30. The Morgan fingerprint density at radius 1 is 1.04 bits per heavy atom. The Bertz CT molecular complexity index is 728. The Kier molecular flexibility index (Phi) is 4.32. The first-order chi connectivity index (χ1) is 10.7. The van der Waals surface area contributed by atoms with Crippen LogP contribution in [0.5, 0.6) is 0 Å². The van der Waals surface area contributed by atoms with Crippen LogP contribution in [0.25, 0.3) is 0 Å². The van der Waals surface area contributed by atoms with E-state index in [0.717, 1.165) is 36.4 Å². The molecule has 1 amide bonds. The van der Waals surface area contributed by atoms with Gasteiger partial charge in [-0.15, -0.1) is 0 Å². The van der Waals surface area contributed by atoms with E-state index in [1.165, 1.54) is 12.1 Å². The highest BCUT2D eigenvalue weighted by atomic mass is 19.4. The van der Waals surface area contributed by atoms with Crippen molar-refractivity contribution in [3.63, 3.8) is 0 Å². The lowest BCUT2D eigenvalue weighted by molar-refractivity contribution is -0.384. The summed E-state index contributed by atoms with van der Waals surface area (Å²) in [7, 11) is 0. The van der Waals surface area contributed by atoms with E-state index in [-0.39, 0.29) is 16.9 Å². The van der Waals surface area contributed by atoms with Gasteiger partial charge >= 0.3 is 6.18 Å². The van der Waals surface area contributed by atoms with Crippen molar-refractivity contribution in [2.75, 3.05) is 5.01 Å². The van der Waals surface area contributed by atoms with E-state index >= 15 is 0 Å². The van der Waals surface area contributed by atoms with Gasteiger partial charge in [0.15, 0.2) is 0 Å². The number of nitro groups is 1. The fourth-order valence-electron chi connectivity index (χ4n) is 1.79. The molecule has 0 aromatic heterocycles. The zero-order valence-corrected chi connectivity index (χ0v) is 11.4. The Balaban J connectivity index is 2.20. The largest absolute Gasteiger partial charge is 0.416 e. The van der Waals surface area contributed by atoms with Crippen LogP contribution in [-0.4, -0.2) is 10.8 Å². The standard InChI is InChI=1S/C14H10F3N3O3/c15-14(16,17)10-3-7-11(8-4-10)19(18)13(21)9-1-5-12(6-2-9)20(22)23/h1-8H,18H2. The predicted molar refractivity (Wildman–Crippen MR) is 75.5 cm³/mol. The highest BCUT2D eigenvalue weighted by molar-refractivity contribution is 6.05. The molecule has 120 valence electrons. The number of non-ortho nitro benzene ring substituents is 1. The second-order valence-corrected chi connectivity index (χ2v) is 4.52. The number of rotatable bonds is 3. The molecule has 0 spiro atoms. The first-order valence-electron chi connectivity index (χ1n) is 6.21. The number of amides is 1. The van der Waals surface area contributed by atoms with Crippen LogP contribution in [0.1, 0.15) is 15.9 Å². The van der Waals surface area contributed by atoms with Crippen LogP contribution in [0.2, 0.25) is 0 Å². The Hall–Kier alpha value is -2.94. The van der Waals surface area contributed by atoms with Crippen molar-refractivity contribution in [2.45, 2.75) is 6.18 Å². The number of hydrogen-bond acceptors (Lipinski definition) is 4. The van der Waals surface area contributed by atoms with Gasteiger partial charge in [0, 0.05) is 17.7 Å². The summed E-state index contributed by atoms with van der Waals surface area (Å²) in [6.45, 7) is 0. The average Bonchev–Trinajstić information content (AvgIpc) is 2.53. The normalized spacial score (nSPS) is 11.1. The monoisotopic (exact) mass is 325 g/mol. The van der Waals surface area contributed by atoms with E-state index in [0.29, 0.717) is 5.01 Å². The minimum Gasteiger partial charge on any atom is -0.267 e. The summed E-state index contributed by atoms with van der Waals surface area (Å²) in [6.07, 6.45) is -4.49. The number of hydrazine groups is 1. The van der Waals surface area contributed by atoms with Crippen LogP contribution < -0.4 is 10.9 Å². The molecule has 0 aliphatic carbocycles. The number of hydrogen-bond donors (Lipinski definition) is 1. The maximum atomic E-state index is 12.5. The molecular formula is C14H10F3N3O3. The SMILES string of the molecule is NN(C(=O)c1ccc([N+](=O)[O-])cc1)c1ccc(C(F)(F)F)cc1. The number of nitrogens with two attached hydrogens (primary N) is 1. The molecule has 0 heterocycles. The lowest BCUT2D eigenvalue weighted by Gasteiger charge is -2.17. The van der Waals surface area contributed by atoms with Crippen LogP contribution in [-0.2, 0) is 6.18 Å². The number of halogens is 3. The van der Waals surface area contributed by atoms with Gasteiger partial charge in [0.05, 0.1) is 16.2 Å². The molecule has 0 aliphatic heterocycles. The predicted octanol–water partition coefficient (Wildman–Crippen LogP) is 3.13. The summed E-state index contributed by atoms with van der Waals surface area (Å²) in [4.78, 5) is 22.0. The maximum absolute atomic E-state index is 12.5. The summed E-state index contributed by atoms with van der Waals surface area (Å²) in [5, 5.41) is 11.2. The topological polar surface area (TPSA) is 89.5 Å². The van der Waals surface area contributed by atoms with Gasteiger partial charge in [0.2, 0.25) is 0 Å². The van der Waals surface area contributed by atoms with Gasteiger partial charge in [-0.1, -0.05) is 0 Å². The maximum Gasteiger partial charge on any atom is 0.416 e. The number of nitrogens with zero attached hydrogens (tertiary/aromatic N) is 2. The molecule has 0 saturated carbocycles. The van der Waals surface area contributed by atoms with E-state index in [9.17, 15) is 28.1 Å². The van der Waals surface area contributed by atoms with Gasteiger partial charge in [0.1, 0.15) is 0 Å². The molecule has 2 aromatic carbocycles. The van der Waals surface area contributed by atoms with Gasteiger partial charge in [-0.05, 0) is 36.4 Å². The highest BCUT2D eigenvalue weighted by Gasteiger charge is 2.30. The van der Waals surface area contributed by atoms with E-state index < -0.39 is 22.6 Å². The molecule has 0 fully saturated rings. The van der Waals surface area contributed by atoms with E-state index in [1.807, 2.05) is 0 Å². The van der Waals surface area contributed by atoms with Crippen molar-refractivity contribution in [1.29, 1.82) is 0 Å². The smallest absolute Gasteiger partial charge is 0.267 e. The first-order valence-corrected chi connectivity index (χ1v) is 6.21. The van der Waals surface area contributed by atoms with E-state index in [4.69, 9.17) is 5.84 Å². The fourth-order valence-corrected chi connectivity index (χ4v) is 1.79. The van der Waals surface area contributed by atoms with Crippen molar-refractivity contribution in [1.82, 2.24) is 0 Å². The van der Waals surface area contributed by atoms with E-state index in [2.05, 4.69) is 0 Å². The van der Waals surface area contributed by atoms with Gasteiger partial charge < -0.3 is 0 Å². The molecule has 2 rings (SSSR count). The van der Waals surface area contributed by atoms with Crippen molar-refractivity contribution in [2.24, 2.45) is 5.84 Å². The van der Waals surface area contributed by atoms with Crippen molar-refractivity contribution >= 4 is 17.3 Å². The lowest BCUT2D eigenvalue weighted by atomic mass is 10.1. The minimum absolute atomic E-state index is 0.0568. The number of carbonyl (C=O) groups excluding carboxylic acids is 1. The van der Waals surface area contributed by atoms with Crippen molar-refractivity contribution < 1.29 is 22.9 Å². The van der Waals surface area contributed by atoms with Gasteiger partial charge in [-0.2, -0.15) is 13.2 Å². The third kappa shape index (κ3) is 3.64. The summed E-state index contributed by atoms with van der Waals surface area (Å²) < 4.78 is 37.4. The van der Waals surface area contributed by atoms with Gasteiger partial charge in [-0.25, -0.2) is 10.9 Å². The van der Waals surface area contributed by atoms with Gasteiger partial charge in [0.25, 0.3) is 11.6 Å². The van der Waals surface area contributed by atoms with E-state index in [1.54, 1.807) is 0 Å². The third-order valence-corrected chi connectivity index (χ3v) is 3.02. The number of alkyl halides is 3. The zero-order valence-electron chi connectivity index (χ0n) is 11.4. The Labute approximate surface area is 128 Å². The molecule has 2 N–H and O–H groups in total.